The van der Waals surface area contributed by atoms with Crippen molar-refractivity contribution >= 4 is 11.8 Å². The van der Waals surface area contributed by atoms with Crippen molar-refractivity contribution < 1.29 is 9.53 Å². The number of benzene rings is 1. The van der Waals surface area contributed by atoms with E-state index in [1.54, 1.807) is 4.90 Å². The van der Waals surface area contributed by atoms with Crippen LogP contribution < -0.4 is 4.90 Å². The molecular formula is C17H23NO2. The lowest BCUT2D eigenvalue weighted by Crippen LogP contribution is -2.49. The normalized spacial score (nSPS) is 21.5. The van der Waals surface area contributed by atoms with E-state index in [-0.39, 0.29) is 11.6 Å². The van der Waals surface area contributed by atoms with Crippen molar-refractivity contribution in [2.24, 2.45) is 0 Å². The Morgan fingerprint density at radius 2 is 2.10 bits per heavy atom. The Hall–Kier alpha value is -1.77. The van der Waals surface area contributed by atoms with Crippen LogP contribution in [0.2, 0.25) is 0 Å². The van der Waals surface area contributed by atoms with Gasteiger partial charge in [0.2, 0.25) is 0 Å². The molecule has 1 aliphatic rings. The van der Waals surface area contributed by atoms with Crippen molar-refractivity contribution in [2.45, 2.75) is 51.7 Å². The standard InChI is InChI=1S/C17H23NO2/c1-6-11-17(5)12-13-9-7-8-10-14(13)18(17)15(19)20-16(2,3)4/h6-10H,1,11-12H2,2-5H3. The first-order valence-corrected chi connectivity index (χ1v) is 6.99. The molecule has 3 heteroatoms. The maximum atomic E-state index is 12.6. The van der Waals surface area contributed by atoms with E-state index >= 15 is 0 Å². The fourth-order valence-electron chi connectivity index (χ4n) is 2.76. The third-order valence-electron chi connectivity index (χ3n) is 3.50. The van der Waals surface area contributed by atoms with E-state index in [2.05, 4.69) is 19.6 Å². The van der Waals surface area contributed by atoms with Gasteiger partial charge in [-0.05, 0) is 52.2 Å². The zero-order chi connectivity index (χ0) is 15.0. The highest BCUT2D eigenvalue weighted by Crippen LogP contribution is 2.41. The number of hydrogen-bond donors (Lipinski definition) is 0. The number of rotatable bonds is 2. The van der Waals surface area contributed by atoms with E-state index in [9.17, 15) is 4.79 Å². The number of hydrogen-bond acceptors (Lipinski definition) is 2. The van der Waals surface area contributed by atoms with Crippen molar-refractivity contribution in [3.8, 4) is 0 Å². The smallest absolute Gasteiger partial charge is 0.415 e. The van der Waals surface area contributed by atoms with E-state index in [4.69, 9.17) is 4.74 Å². The van der Waals surface area contributed by atoms with Gasteiger partial charge in [0.1, 0.15) is 5.60 Å². The SMILES string of the molecule is C=CCC1(C)Cc2ccccc2N1C(=O)OC(C)(C)C. The molecule has 0 radical (unpaired) electrons. The van der Waals surface area contributed by atoms with Crippen LogP contribution in [0.4, 0.5) is 10.5 Å². The molecule has 0 aliphatic carbocycles. The van der Waals surface area contributed by atoms with Gasteiger partial charge in [0.25, 0.3) is 0 Å². The summed E-state index contributed by atoms with van der Waals surface area (Å²) >= 11 is 0. The molecule has 1 aromatic carbocycles. The topological polar surface area (TPSA) is 29.5 Å². The second-order valence-electron chi connectivity index (χ2n) is 6.61. The van der Waals surface area contributed by atoms with Crippen molar-refractivity contribution in [3.63, 3.8) is 0 Å². The highest BCUT2D eigenvalue weighted by atomic mass is 16.6. The number of ether oxygens (including phenoxy) is 1. The number of amides is 1. The van der Waals surface area contributed by atoms with E-state index in [1.807, 2.05) is 45.0 Å². The van der Waals surface area contributed by atoms with Crippen LogP contribution in [0.1, 0.15) is 39.7 Å². The van der Waals surface area contributed by atoms with E-state index in [0.29, 0.717) is 0 Å². The fraction of sp³-hybridized carbons (Fsp3) is 0.471. The summed E-state index contributed by atoms with van der Waals surface area (Å²) in [7, 11) is 0. The molecule has 0 bridgehead atoms. The van der Waals surface area contributed by atoms with Crippen LogP contribution >= 0.6 is 0 Å². The lowest BCUT2D eigenvalue weighted by atomic mass is 9.93. The predicted molar refractivity (Wildman–Crippen MR) is 82.1 cm³/mol. The van der Waals surface area contributed by atoms with E-state index in [0.717, 1.165) is 18.5 Å². The molecule has 20 heavy (non-hydrogen) atoms. The summed E-state index contributed by atoms with van der Waals surface area (Å²) in [6.45, 7) is 11.6. The van der Waals surface area contributed by atoms with Gasteiger partial charge in [-0.15, -0.1) is 6.58 Å². The number of carbonyl (C=O) groups is 1. The average molecular weight is 273 g/mol. The van der Waals surface area contributed by atoms with Gasteiger partial charge >= 0.3 is 6.09 Å². The number of nitrogens with zero attached hydrogens (tertiary/aromatic N) is 1. The molecule has 1 aliphatic heterocycles. The summed E-state index contributed by atoms with van der Waals surface area (Å²) in [5.41, 5.74) is 1.34. The van der Waals surface area contributed by atoms with Gasteiger partial charge in [-0.25, -0.2) is 4.79 Å². The largest absolute Gasteiger partial charge is 0.443 e. The highest BCUT2D eigenvalue weighted by Gasteiger charge is 2.44. The summed E-state index contributed by atoms with van der Waals surface area (Å²) in [4.78, 5) is 14.4. The van der Waals surface area contributed by atoms with Crippen molar-refractivity contribution in [1.82, 2.24) is 0 Å². The molecule has 1 unspecified atom stereocenters. The highest BCUT2D eigenvalue weighted by molar-refractivity contribution is 5.92. The van der Waals surface area contributed by atoms with Crippen LogP contribution in [0.3, 0.4) is 0 Å². The maximum Gasteiger partial charge on any atom is 0.415 e. The Labute approximate surface area is 121 Å². The van der Waals surface area contributed by atoms with Crippen molar-refractivity contribution in [2.75, 3.05) is 4.90 Å². The number of fused-ring (bicyclic) bond motifs is 1. The summed E-state index contributed by atoms with van der Waals surface area (Å²) in [5.74, 6) is 0. The molecule has 1 atom stereocenters. The summed E-state index contributed by atoms with van der Waals surface area (Å²) < 4.78 is 5.57. The third kappa shape index (κ3) is 2.72. The molecule has 1 amide bonds. The second-order valence-corrected chi connectivity index (χ2v) is 6.61. The molecular weight excluding hydrogens is 250 g/mol. The number of anilines is 1. The Morgan fingerprint density at radius 3 is 2.70 bits per heavy atom. The minimum atomic E-state index is -0.496. The summed E-state index contributed by atoms with van der Waals surface area (Å²) in [6.07, 6.45) is 3.14. The monoisotopic (exact) mass is 273 g/mol. The minimum Gasteiger partial charge on any atom is -0.443 e. The second kappa shape index (κ2) is 4.97. The molecule has 0 N–H and O–H groups in total. The van der Waals surface area contributed by atoms with Gasteiger partial charge in [0.15, 0.2) is 0 Å². The number of para-hydroxylation sites is 1. The molecule has 3 nitrogen and oxygen atoms in total. The first-order valence-electron chi connectivity index (χ1n) is 6.99. The van der Waals surface area contributed by atoms with Gasteiger partial charge in [-0.2, -0.15) is 0 Å². The summed E-state index contributed by atoms with van der Waals surface area (Å²) in [6, 6.07) is 8.01. The van der Waals surface area contributed by atoms with Crippen LogP contribution in [-0.4, -0.2) is 17.2 Å². The maximum absolute atomic E-state index is 12.6. The molecule has 108 valence electrons. The zero-order valence-electron chi connectivity index (χ0n) is 12.8. The van der Waals surface area contributed by atoms with Crippen molar-refractivity contribution in [1.29, 1.82) is 0 Å². The molecule has 0 saturated heterocycles. The van der Waals surface area contributed by atoms with Gasteiger partial charge in [0, 0.05) is 0 Å². The van der Waals surface area contributed by atoms with Gasteiger partial charge in [-0.1, -0.05) is 24.3 Å². The van der Waals surface area contributed by atoms with Crippen LogP contribution in [0.15, 0.2) is 36.9 Å². The van der Waals surface area contributed by atoms with E-state index < -0.39 is 5.60 Å². The average Bonchev–Trinajstić information content (AvgIpc) is 2.58. The number of carbonyl (C=O) groups excluding carboxylic acids is 1. The Morgan fingerprint density at radius 1 is 1.45 bits per heavy atom. The van der Waals surface area contributed by atoms with Crippen LogP contribution in [0, 0.1) is 0 Å². The van der Waals surface area contributed by atoms with Crippen molar-refractivity contribution in [3.05, 3.63) is 42.5 Å². The minimum absolute atomic E-state index is 0.285. The third-order valence-corrected chi connectivity index (χ3v) is 3.50. The Balaban J connectivity index is 2.39. The Bertz CT molecular complexity index is 530. The van der Waals surface area contributed by atoms with Crippen LogP contribution in [-0.2, 0) is 11.2 Å². The van der Waals surface area contributed by atoms with Gasteiger partial charge in [-0.3, -0.25) is 4.90 Å². The lowest BCUT2D eigenvalue weighted by molar-refractivity contribution is 0.0548. The van der Waals surface area contributed by atoms with Crippen LogP contribution in [0.5, 0.6) is 0 Å². The predicted octanol–water partition coefficient (Wildman–Crippen LogP) is 4.32. The molecule has 2 rings (SSSR count). The molecule has 0 spiro atoms. The quantitative estimate of drug-likeness (QED) is 0.751. The summed E-state index contributed by atoms with van der Waals surface area (Å²) in [5, 5.41) is 0. The van der Waals surface area contributed by atoms with Gasteiger partial charge < -0.3 is 4.74 Å². The fourth-order valence-corrected chi connectivity index (χ4v) is 2.76. The molecule has 1 heterocycles. The first-order chi connectivity index (χ1) is 9.27. The zero-order valence-corrected chi connectivity index (χ0v) is 12.8. The van der Waals surface area contributed by atoms with Gasteiger partial charge in [0.05, 0.1) is 11.2 Å². The lowest BCUT2D eigenvalue weighted by Gasteiger charge is -2.36. The molecule has 1 aromatic rings. The van der Waals surface area contributed by atoms with E-state index in [1.165, 1.54) is 5.56 Å². The Kier molecular flexibility index (Phi) is 3.63. The molecule has 0 saturated carbocycles. The van der Waals surface area contributed by atoms with Crippen LogP contribution in [0.25, 0.3) is 0 Å². The molecule has 0 aromatic heterocycles. The molecule has 0 fully saturated rings. The first kappa shape index (κ1) is 14.6.